The van der Waals surface area contributed by atoms with Gasteiger partial charge in [0.25, 0.3) is 0 Å². The van der Waals surface area contributed by atoms with Crippen molar-refractivity contribution >= 4 is 33.0 Å². The van der Waals surface area contributed by atoms with Gasteiger partial charge >= 0.3 is 13.0 Å². The summed E-state index contributed by atoms with van der Waals surface area (Å²) in [6.45, 7) is 0. The molecule has 8 heavy (non-hydrogen) atoms. The second-order valence-corrected chi connectivity index (χ2v) is 9.06. The molecule has 1 heterocycles. The predicted molar refractivity (Wildman–Crippen MR) is 42.7 cm³/mol. The molecule has 1 aliphatic heterocycles. The van der Waals surface area contributed by atoms with Crippen molar-refractivity contribution in [3.63, 3.8) is 0 Å². The van der Waals surface area contributed by atoms with Crippen molar-refractivity contribution in [1.82, 2.24) is 0 Å². The Morgan fingerprint density at radius 3 is 2.12 bits per heavy atom. The van der Waals surface area contributed by atoms with E-state index in [0.717, 1.165) is 0 Å². The molecule has 1 saturated heterocycles. The van der Waals surface area contributed by atoms with E-state index in [2.05, 4.69) is 0 Å². The summed E-state index contributed by atoms with van der Waals surface area (Å²) in [4.78, 5) is 0. The normalized spacial score (nSPS) is 21.4. The van der Waals surface area contributed by atoms with Crippen molar-refractivity contribution in [1.29, 1.82) is 0 Å². The van der Waals surface area contributed by atoms with Crippen LogP contribution in [-0.4, -0.2) is 13.0 Å². The molecule has 46 valence electrons. The molecule has 0 radical (unpaired) electrons. The minimum atomic E-state index is -0.423. The van der Waals surface area contributed by atoms with Crippen molar-refractivity contribution < 1.29 is 0 Å². The lowest BCUT2D eigenvalue weighted by Crippen LogP contribution is -2.09. The van der Waals surface area contributed by atoms with Crippen LogP contribution in [0.1, 0.15) is 19.3 Å². The summed E-state index contributed by atoms with van der Waals surface area (Å²) < 4.78 is 0. The van der Waals surface area contributed by atoms with Crippen molar-refractivity contribution in [3.8, 4) is 0 Å². The Balaban J connectivity index is 2.13. The van der Waals surface area contributed by atoms with E-state index in [1.165, 1.54) is 29.8 Å². The molecule has 1 aliphatic rings. The molecule has 0 aromatic heterocycles. The summed E-state index contributed by atoms with van der Waals surface area (Å²) in [5.41, 5.74) is 0. The zero-order valence-corrected chi connectivity index (χ0v) is 7.63. The van der Waals surface area contributed by atoms with E-state index >= 15 is 0 Å². The number of hydrogen-bond donors (Lipinski definition) is 0. The van der Waals surface area contributed by atoms with Gasteiger partial charge in [0.05, 0.1) is 0 Å². The molecule has 0 aliphatic carbocycles. The predicted octanol–water partition coefficient (Wildman–Crippen LogP) is 3.05. The fourth-order valence-electron chi connectivity index (χ4n) is 1.15. The van der Waals surface area contributed by atoms with Gasteiger partial charge in [-0.15, -0.1) is 0 Å². The number of rotatable bonds is 1. The van der Waals surface area contributed by atoms with Crippen molar-refractivity contribution in [2.24, 2.45) is 0 Å². The Hall–Kier alpha value is 1.17. The van der Waals surface area contributed by atoms with E-state index in [9.17, 15) is 0 Å². The van der Waals surface area contributed by atoms with Gasteiger partial charge in [-0.25, -0.2) is 0 Å². The third-order valence-corrected chi connectivity index (χ3v) is 8.47. The van der Waals surface area contributed by atoms with E-state index in [1.54, 1.807) is 9.34 Å². The maximum absolute atomic E-state index is 5.66. The molecule has 3 heteroatoms. The molecule has 0 saturated carbocycles. The molecule has 1 fully saturated rings. The summed E-state index contributed by atoms with van der Waals surface area (Å²) in [7, 11) is 7.32. The topological polar surface area (TPSA) is 0 Å². The summed E-state index contributed by atoms with van der Waals surface area (Å²) in [6.07, 6.45) is 4.37. The highest BCUT2D eigenvalue weighted by Crippen LogP contribution is 2.28. The second kappa shape index (κ2) is 4.06. The molecular formula is C5H10AlClS. The highest BCUT2D eigenvalue weighted by Gasteiger charge is 2.20. The van der Waals surface area contributed by atoms with Crippen molar-refractivity contribution in [2.45, 2.75) is 29.8 Å². The quantitative estimate of drug-likeness (QED) is 0.537. The van der Waals surface area contributed by atoms with Gasteiger partial charge in [-0.2, -0.15) is 9.34 Å². The molecule has 0 unspecified atom stereocenters. The molecule has 0 nitrogen and oxygen atoms in total. The summed E-state index contributed by atoms with van der Waals surface area (Å²) in [6, 6.07) is 0. The van der Waals surface area contributed by atoms with Crippen LogP contribution >= 0.6 is 20.0 Å². The Kier molecular flexibility index (Phi) is 3.70. The average Bonchev–Trinajstić information content (AvgIpc) is 1.90. The number of halogens is 1. The Labute approximate surface area is 62.9 Å². The van der Waals surface area contributed by atoms with Gasteiger partial charge in [-0.3, -0.25) is 0 Å². The van der Waals surface area contributed by atoms with Gasteiger partial charge in [0.2, 0.25) is 0 Å². The second-order valence-electron chi connectivity index (χ2n) is 2.35. The molecule has 1 rings (SSSR count). The van der Waals surface area contributed by atoms with Crippen molar-refractivity contribution in [3.05, 3.63) is 0 Å². The van der Waals surface area contributed by atoms with E-state index < -0.39 is 13.0 Å². The molecule has 0 N–H and O–H groups in total. The highest BCUT2D eigenvalue weighted by molar-refractivity contribution is 8.42. The third-order valence-electron chi connectivity index (χ3n) is 1.68. The van der Waals surface area contributed by atoms with Crippen LogP contribution in [0.2, 0.25) is 10.6 Å². The van der Waals surface area contributed by atoms with E-state index in [0.29, 0.717) is 0 Å². The first-order valence-corrected chi connectivity index (χ1v) is 7.96. The molecule has 0 bridgehead atoms. The Bertz CT molecular complexity index is 63.4. The standard InChI is InChI=1S/C5H10.Al.ClS/c1-3-5-4-2;;1-2/h1-5H2;;/q;+1;-1. The lowest BCUT2D eigenvalue weighted by atomic mass is 10.3. The minimum Gasteiger partial charge on any atom is -0.160 e. The van der Waals surface area contributed by atoms with Crippen LogP contribution < -0.4 is 0 Å². The lowest BCUT2D eigenvalue weighted by Gasteiger charge is -2.11. The minimum absolute atomic E-state index is 0.423. The van der Waals surface area contributed by atoms with Crippen LogP contribution in [0.5, 0.6) is 0 Å². The molecular weight excluding hydrogens is 155 g/mol. The van der Waals surface area contributed by atoms with Gasteiger partial charge in [0, 0.05) is 0 Å². The van der Waals surface area contributed by atoms with Gasteiger partial charge in [-0.1, -0.05) is 40.5 Å². The van der Waals surface area contributed by atoms with E-state index in [4.69, 9.17) is 10.7 Å². The molecule has 0 atom stereocenters. The molecule has 0 spiro atoms. The lowest BCUT2D eigenvalue weighted by molar-refractivity contribution is 0.731. The van der Waals surface area contributed by atoms with Gasteiger partial charge in [0.1, 0.15) is 0 Å². The Morgan fingerprint density at radius 2 is 1.75 bits per heavy atom. The largest absolute Gasteiger partial charge is 0.375 e. The third kappa shape index (κ3) is 2.19. The summed E-state index contributed by atoms with van der Waals surface area (Å²) in [5.74, 6) is 0. The molecule has 0 aromatic carbocycles. The monoisotopic (exact) mass is 164 g/mol. The molecule has 0 amide bonds. The zero-order valence-electron chi connectivity index (χ0n) is 4.90. The molecule has 0 aromatic rings. The number of hydrogen-bond acceptors (Lipinski definition) is 1. The first-order valence-electron chi connectivity index (χ1n) is 3.21. The average molecular weight is 165 g/mol. The van der Waals surface area contributed by atoms with E-state index in [1.807, 2.05) is 0 Å². The van der Waals surface area contributed by atoms with Crippen molar-refractivity contribution in [2.75, 3.05) is 0 Å². The van der Waals surface area contributed by atoms with E-state index in [-0.39, 0.29) is 0 Å². The van der Waals surface area contributed by atoms with Crippen LogP contribution in [0, 0.1) is 0 Å². The maximum atomic E-state index is 5.66. The Morgan fingerprint density at radius 1 is 1.12 bits per heavy atom. The fraction of sp³-hybridized carbons (Fsp3) is 1.00. The van der Waals surface area contributed by atoms with Gasteiger partial charge < -0.3 is 0 Å². The smallest absolute Gasteiger partial charge is 0.160 e. The van der Waals surface area contributed by atoms with Gasteiger partial charge in [0.15, 0.2) is 0 Å². The SMILES string of the molecule is Cl[S][Al]1[CH2]CCC[CH2]1. The van der Waals surface area contributed by atoms with Crippen LogP contribution in [-0.2, 0) is 0 Å². The summed E-state index contributed by atoms with van der Waals surface area (Å²) >= 11 is -0.423. The highest BCUT2D eigenvalue weighted by atomic mass is 35.7. The maximum Gasteiger partial charge on any atom is 0.375 e. The zero-order chi connectivity index (χ0) is 5.82. The van der Waals surface area contributed by atoms with Crippen LogP contribution in [0.15, 0.2) is 0 Å². The van der Waals surface area contributed by atoms with Crippen LogP contribution in [0.3, 0.4) is 0 Å². The first-order chi connectivity index (χ1) is 3.93. The van der Waals surface area contributed by atoms with Gasteiger partial charge in [-0.05, 0) is 0 Å². The van der Waals surface area contributed by atoms with Crippen LogP contribution in [0.4, 0.5) is 0 Å². The fourth-order valence-corrected chi connectivity index (χ4v) is 6.25. The first kappa shape index (κ1) is 7.28. The summed E-state index contributed by atoms with van der Waals surface area (Å²) in [5, 5.41) is 2.96. The van der Waals surface area contributed by atoms with Crippen LogP contribution in [0.25, 0.3) is 0 Å².